The fourth-order valence-electron chi connectivity index (χ4n) is 3.58. The number of furan rings is 1. The first kappa shape index (κ1) is 17.4. The Morgan fingerprint density at radius 2 is 1.78 bits per heavy atom. The normalized spacial score (nSPS) is 21.1. The van der Waals surface area contributed by atoms with Crippen LogP contribution in [0.1, 0.15) is 17.0 Å². The lowest BCUT2D eigenvalue weighted by molar-refractivity contribution is -0.123. The zero-order valence-corrected chi connectivity index (χ0v) is 14.5. The van der Waals surface area contributed by atoms with Crippen LogP contribution in [0.15, 0.2) is 47.1 Å². The zero-order chi connectivity index (χ0) is 19.0. The summed E-state index contributed by atoms with van der Waals surface area (Å²) in [7, 11) is 0. The summed E-state index contributed by atoms with van der Waals surface area (Å²) >= 11 is 0. The molecule has 7 nitrogen and oxygen atoms in total. The number of hydrogen-bond donors (Lipinski definition) is 0. The van der Waals surface area contributed by atoms with Crippen molar-refractivity contribution in [3.8, 4) is 0 Å². The minimum atomic E-state index is -0.627. The first-order chi connectivity index (χ1) is 13.1. The van der Waals surface area contributed by atoms with Crippen LogP contribution < -0.4 is 4.90 Å². The topological polar surface area (TPSA) is 74.1 Å². The summed E-state index contributed by atoms with van der Waals surface area (Å²) in [6.45, 7) is 1.77. The Morgan fingerprint density at radius 3 is 2.44 bits per heavy atom. The van der Waals surface area contributed by atoms with Gasteiger partial charge in [-0.3, -0.25) is 19.3 Å². The van der Waals surface area contributed by atoms with Gasteiger partial charge in [0.05, 0.1) is 24.4 Å². The van der Waals surface area contributed by atoms with Gasteiger partial charge in [-0.1, -0.05) is 12.1 Å². The molecule has 0 bridgehead atoms. The van der Waals surface area contributed by atoms with Crippen molar-refractivity contribution >= 4 is 23.4 Å². The predicted octanol–water partition coefficient (Wildman–Crippen LogP) is 1.51. The summed E-state index contributed by atoms with van der Waals surface area (Å²) in [6, 6.07) is 8.39. The quantitative estimate of drug-likeness (QED) is 0.765. The number of carbonyl (C=O) groups is 3. The predicted molar refractivity (Wildman–Crippen MR) is 93.5 cm³/mol. The molecule has 3 amide bonds. The molecule has 0 spiro atoms. The largest absolute Gasteiger partial charge is 0.459 e. The molecular formula is C19H18FN3O4. The van der Waals surface area contributed by atoms with Gasteiger partial charge in [0.25, 0.3) is 11.8 Å². The number of nitrogens with zero attached hydrogens (tertiary/aromatic N) is 3. The fourth-order valence-corrected chi connectivity index (χ4v) is 3.58. The number of para-hydroxylation sites is 1. The van der Waals surface area contributed by atoms with E-state index in [0.717, 1.165) is 4.90 Å². The number of rotatable bonds is 3. The number of piperazine rings is 1. The van der Waals surface area contributed by atoms with E-state index >= 15 is 0 Å². The van der Waals surface area contributed by atoms with Crippen molar-refractivity contribution in [3.63, 3.8) is 0 Å². The summed E-state index contributed by atoms with van der Waals surface area (Å²) in [6.07, 6.45) is 1.46. The van der Waals surface area contributed by atoms with E-state index in [1.807, 2.05) is 4.90 Å². The molecule has 0 aliphatic carbocycles. The van der Waals surface area contributed by atoms with Crippen molar-refractivity contribution in [3.05, 3.63) is 54.2 Å². The third-order valence-corrected chi connectivity index (χ3v) is 4.99. The molecule has 3 heterocycles. The highest BCUT2D eigenvalue weighted by molar-refractivity contribution is 6.22. The van der Waals surface area contributed by atoms with Crippen LogP contribution in [0.3, 0.4) is 0 Å². The van der Waals surface area contributed by atoms with E-state index in [1.165, 1.54) is 24.5 Å². The second-order valence-electron chi connectivity index (χ2n) is 6.54. The average molecular weight is 371 g/mol. The lowest BCUT2D eigenvalue weighted by atomic mass is 10.1. The van der Waals surface area contributed by atoms with Crippen molar-refractivity contribution in [1.29, 1.82) is 0 Å². The fraction of sp³-hybridized carbons (Fsp3) is 0.316. The number of benzene rings is 1. The molecule has 8 heteroatoms. The van der Waals surface area contributed by atoms with Gasteiger partial charge in [0, 0.05) is 26.2 Å². The zero-order valence-electron chi connectivity index (χ0n) is 14.5. The first-order valence-corrected chi connectivity index (χ1v) is 8.74. The monoisotopic (exact) mass is 371 g/mol. The van der Waals surface area contributed by atoms with Gasteiger partial charge in [0.15, 0.2) is 5.76 Å². The molecule has 27 heavy (non-hydrogen) atoms. The first-order valence-electron chi connectivity index (χ1n) is 8.74. The molecule has 0 radical (unpaired) electrons. The Bertz CT molecular complexity index is 875. The molecule has 2 aliphatic heterocycles. The highest BCUT2D eigenvalue weighted by Gasteiger charge is 2.44. The van der Waals surface area contributed by atoms with Crippen molar-refractivity contribution < 1.29 is 23.2 Å². The smallest absolute Gasteiger partial charge is 0.289 e. The Hall–Kier alpha value is -3.00. The third kappa shape index (κ3) is 3.12. The minimum absolute atomic E-state index is 0.0124. The second kappa shape index (κ2) is 6.96. The maximum atomic E-state index is 14.0. The van der Waals surface area contributed by atoms with Gasteiger partial charge in [0.1, 0.15) is 5.82 Å². The SMILES string of the molecule is O=C(c1ccco1)N1CCN([C@@H]2CC(=O)N(c3ccccc3F)C2=O)CC1. The number of anilines is 1. The lowest BCUT2D eigenvalue weighted by Crippen LogP contribution is -2.53. The molecule has 140 valence electrons. The summed E-state index contributed by atoms with van der Waals surface area (Å²) in [4.78, 5) is 41.9. The molecule has 1 aromatic carbocycles. The molecule has 2 aliphatic rings. The molecule has 0 saturated carbocycles. The molecule has 1 aromatic heterocycles. The summed E-state index contributed by atoms with van der Waals surface area (Å²) < 4.78 is 19.2. The van der Waals surface area contributed by atoms with Crippen LogP contribution in [-0.2, 0) is 9.59 Å². The van der Waals surface area contributed by atoms with Crippen LogP contribution in [0.4, 0.5) is 10.1 Å². The van der Waals surface area contributed by atoms with Crippen LogP contribution in [-0.4, -0.2) is 59.7 Å². The summed E-state index contributed by atoms with van der Waals surface area (Å²) in [5, 5.41) is 0. The highest BCUT2D eigenvalue weighted by Crippen LogP contribution is 2.28. The van der Waals surface area contributed by atoms with E-state index in [4.69, 9.17) is 4.42 Å². The number of halogens is 1. The van der Waals surface area contributed by atoms with Gasteiger partial charge in [-0.25, -0.2) is 9.29 Å². The van der Waals surface area contributed by atoms with E-state index in [1.54, 1.807) is 23.1 Å². The Kier molecular flexibility index (Phi) is 4.49. The van der Waals surface area contributed by atoms with Gasteiger partial charge >= 0.3 is 0 Å². The second-order valence-corrected chi connectivity index (χ2v) is 6.54. The minimum Gasteiger partial charge on any atom is -0.459 e. The van der Waals surface area contributed by atoms with Crippen LogP contribution in [0, 0.1) is 5.82 Å². The molecule has 0 unspecified atom stereocenters. The number of carbonyl (C=O) groups excluding carboxylic acids is 3. The van der Waals surface area contributed by atoms with E-state index < -0.39 is 23.7 Å². The lowest BCUT2D eigenvalue weighted by Gasteiger charge is -2.36. The van der Waals surface area contributed by atoms with Gasteiger partial charge < -0.3 is 9.32 Å². The van der Waals surface area contributed by atoms with E-state index in [2.05, 4.69) is 0 Å². The summed E-state index contributed by atoms with van der Waals surface area (Å²) in [5.41, 5.74) is -0.0124. The number of amides is 3. The van der Waals surface area contributed by atoms with Crippen molar-refractivity contribution in [2.45, 2.75) is 12.5 Å². The van der Waals surface area contributed by atoms with Crippen molar-refractivity contribution in [2.75, 3.05) is 31.1 Å². The van der Waals surface area contributed by atoms with E-state index in [9.17, 15) is 18.8 Å². The Balaban J connectivity index is 1.43. The maximum Gasteiger partial charge on any atom is 0.289 e. The van der Waals surface area contributed by atoms with Gasteiger partial charge in [-0.2, -0.15) is 0 Å². The molecular weight excluding hydrogens is 353 g/mol. The molecule has 2 aromatic rings. The van der Waals surface area contributed by atoms with Gasteiger partial charge in [-0.05, 0) is 24.3 Å². The molecule has 4 rings (SSSR count). The summed E-state index contributed by atoms with van der Waals surface area (Å²) in [5.74, 6) is -1.35. The molecule has 2 fully saturated rings. The Labute approximate surface area is 154 Å². The van der Waals surface area contributed by atoms with Crippen LogP contribution in [0.5, 0.6) is 0 Å². The van der Waals surface area contributed by atoms with Crippen molar-refractivity contribution in [2.24, 2.45) is 0 Å². The van der Waals surface area contributed by atoms with Crippen LogP contribution in [0.25, 0.3) is 0 Å². The van der Waals surface area contributed by atoms with Crippen molar-refractivity contribution in [1.82, 2.24) is 9.80 Å². The van der Waals surface area contributed by atoms with Gasteiger partial charge in [-0.15, -0.1) is 0 Å². The average Bonchev–Trinajstić information content (AvgIpc) is 3.31. The number of hydrogen-bond acceptors (Lipinski definition) is 5. The molecule has 2 saturated heterocycles. The maximum absolute atomic E-state index is 14.0. The molecule has 1 atom stereocenters. The van der Waals surface area contributed by atoms with E-state index in [-0.39, 0.29) is 23.8 Å². The number of imide groups is 1. The highest BCUT2D eigenvalue weighted by atomic mass is 19.1. The Morgan fingerprint density at radius 1 is 1.04 bits per heavy atom. The standard InChI is InChI=1S/C19H18FN3O4/c20-13-4-1-2-5-14(13)23-17(24)12-15(18(23)25)21-7-9-22(10-8-21)19(26)16-6-3-11-27-16/h1-6,11,15H,7-10,12H2/t15-/m1/s1. The van der Waals surface area contributed by atoms with Crippen LogP contribution >= 0.6 is 0 Å². The van der Waals surface area contributed by atoms with Crippen LogP contribution in [0.2, 0.25) is 0 Å². The third-order valence-electron chi connectivity index (χ3n) is 4.99. The van der Waals surface area contributed by atoms with Gasteiger partial charge in [0.2, 0.25) is 5.91 Å². The molecule has 0 N–H and O–H groups in total. The van der Waals surface area contributed by atoms with E-state index in [0.29, 0.717) is 26.2 Å².